The number of hydrogen-bond acceptors (Lipinski definition) is 6. The topological polar surface area (TPSA) is 73.8 Å². The number of carbonyl (C=O) groups is 1. The Morgan fingerprint density at radius 3 is 2.92 bits per heavy atom. The summed E-state index contributed by atoms with van der Waals surface area (Å²) in [5, 5.41) is 0. The Hall–Kier alpha value is -2.67. The lowest BCUT2D eigenvalue weighted by Crippen LogP contribution is -2.42. The summed E-state index contributed by atoms with van der Waals surface area (Å²) in [5.41, 5.74) is 2.17. The van der Waals surface area contributed by atoms with Gasteiger partial charge >= 0.3 is 0 Å². The number of nitrogens with zero attached hydrogens (tertiary/aromatic N) is 3. The van der Waals surface area contributed by atoms with Gasteiger partial charge in [0.05, 0.1) is 30.7 Å². The molecule has 124 valence electrons. The molecule has 0 radical (unpaired) electrons. The van der Waals surface area contributed by atoms with Crippen LogP contribution >= 0.6 is 0 Å². The van der Waals surface area contributed by atoms with Crippen LogP contribution in [0, 0.1) is 6.92 Å². The first kappa shape index (κ1) is 14.9. The Bertz CT molecular complexity index is 763. The van der Waals surface area contributed by atoms with E-state index >= 15 is 0 Å². The van der Waals surface area contributed by atoms with E-state index in [1.165, 1.54) is 0 Å². The second-order valence-electron chi connectivity index (χ2n) is 5.76. The summed E-state index contributed by atoms with van der Waals surface area (Å²) in [6.07, 6.45) is 3.15. The van der Waals surface area contributed by atoms with E-state index < -0.39 is 0 Å². The molecule has 1 amide bonds. The lowest BCUT2D eigenvalue weighted by atomic mass is 10.1. The molecule has 7 nitrogen and oxygen atoms in total. The summed E-state index contributed by atoms with van der Waals surface area (Å²) >= 11 is 0. The molecule has 0 aliphatic carbocycles. The van der Waals surface area contributed by atoms with Crippen molar-refractivity contribution in [2.75, 3.05) is 26.5 Å². The smallest absolute Gasteiger partial charge is 0.254 e. The van der Waals surface area contributed by atoms with Crippen molar-refractivity contribution in [2.45, 2.75) is 13.0 Å². The number of aromatic nitrogens is 2. The highest BCUT2D eigenvalue weighted by Gasteiger charge is 2.28. The maximum Gasteiger partial charge on any atom is 0.254 e. The maximum absolute atomic E-state index is 12.8. The summed E-state index contributed by atoms with van der Waals surface area (Å²) in [6.45, 7) is 3.54. The molecule has 1 saturated heterocycles. The van der Waals surface area contributed by atoms with Crippen LogP contribution in [0.4, 0.5) is 0 Å². The fourth-order valence-corrected chi connectivity index (χ4v) is 2.79. The number of carbonyl (C=O) groups excluding carboxylic acids is 1. The monoisotopic (exact) mass is 327 g/mol. The summed E-state index contributed by atoms with van der Waals surface area (Å²) in [5.74, 6) is 1.22. The molecule has 0 saturated carbocycles. The number of hydrogen-bond donors (Lipinski definition) is 0. The lowest BCUT2D eigenvalue weighted by Gasteiger charge is -2.32. The Labute approximate surface area is 139 Å². The number of morpholine rings is 1. The molecule has 1 fully saturated rings. The van der Waals surface area contributed by atoms with Crippen molar-refractivity contribution in [1.29, 1.82) is 0 Å². The molecule has 7 heteroatoms. The molecule has 0 bridgehead atoms. The van der Waals surface area contributed by atoms with E-state index in [9.17, 15) is 4.79 Å². The van der Waals surface area contributed by atoms with Gasteiger partial charge in [-0.25, -0.2) is 0 Å². The quantitative estimate of drug-likeness (QED) is 0.836. The van der Waals surface area contributed by atoms with E-state index in [1.54, 1.807) is 35.5 Å². The van der Waals surface area contributed by atoms with Crippen LogP contribution in [0.3, 0.4) is 0 Å². The molecule has 0 unspecified atom stereocenters. The maximum atomic E-state index is 12.8. The van der Waals surface area contributed by atoms with E-state index in [1.807, 2.05) is 6.92 Å². The van der Waals surface area contributed by atoms with E-state index in [0.717, 1.165) is 11.4 Å². The fraction of sp³-hybridized carbons (Fsp3) is 0.353. The molecule has 2 aliphatic rings. The first-order valence-electron chi connectivity index (χ1n) is 7.80. The van der Waals surface area contributed by atoms with Gasteiger partial charge in [-0.05, 0) is 25.1 Å². The van der Waals surface area contributed by atoms with Crippen LogP contribution in [-0.2, 0) is 4.74 Å². The number of fused-ring (bicyclic) bond motifs is 1. The predicted octanol–water partition coefficient (Wildman–Crippen LogP) is 1.73. The first-order chi connectivity index (χ1) is 11.7. The van der Waals surface area contributed by atoms with Crippen molar-refractivity contribution < 1.29 is 19.0 Å². The molecule has 1 aromatic carbocycles. The van der Waals surface area contributed by atoms with Crippen LogP contribution in [0.5, 0.6) is 11.5 Å². The molecule has 2 aliphatic heterocycles. The van der Waals surface area contributed by atoms with Gasteiger partial charge < -0.3 is 19.1 Å². The van der Waals surface area contributed by atoms with Crippen molar-refractivity contribution >= 4 is 5.91 Å². The van der Waals surface area contributed by atoms with Crippen LogP contribution in [0.1, 0.15) is 27.8 Å². The van der Waals surface area contributed by atoms with Crippen molar-refractivity contribution in [2.24, 2.45) is 0 Å². The lowest BCUT2D eigenvalue weighted by molar-refractivity contribution is -0.0249. The van der Waals surface area contributed by atoms with Gasteiger partial charge in [0.25, 0.3) is 5.91 Å². The normalized spacial score (nSPS) is 19.4. The van der Waals surface area contributed by atoms with Gasteiger partial charge in [-0.2, -0.15) is 0 Å². The van der Waals surface area contributed by atoms with Crippen molar-refractivity contribution in [3.05, 3.63) is 47.5 Å². The number of rotatable bonds is 2. The molecule has 24 heavy (non-hydrogen) atoms. The zero-order valence-electron chi connectivity index (χ0n) is 13.3. The molecule has 0 N–H and O–H groups in total. The van der Waals surface area contributed by atoms with Crippen molar-refractivity contribution in [3.8, 4) is 11.5 Å². The van der Waals surface area contributed by atoms with E-state index in [-0.39, 0.29) is 18.8 Å². The molecule has 1 atom stereocenters. The van der Waals surface area contributed by atoms with Gasteiger partial charge in [0.2, 0.25) is 6.79 Å². The second kappa shape index (κ2) is 6.09. The van der Waals surface area contributed by atoms with Gasteiger partial charge in [-0.3, -0.25) is 14.8 Å². The largest absolute Gasteiger partial charge is 0.454 e. The van der Waals surface area contributed by atoms with Gasteiger partial charge in [0.1, 0.15) is 6.10 Å². The minimum Gasteiger partial charge on any atom is -0.454 e. The Morgan fingerprint density at radius 2 is 2.08 bits per heavy atom. The van der Waals surface area contributed by atoms with Gasteiger partial charge in [-0.15, -0.1) is 0 Å². The SMILES string of the molecule is Cc1cnc([C@@H]2CN(C(=O)c3ccc4c(c3)OCO4)CCO2)cn1. The minimum atomic E-state index is -0.259. The van der Waals surface area contributed by atoms with Crippen LogP contribution < -0.4 is 9.47 Å². The molecule has 4 rings (SSSR count). The third kappa shape index (κ3) is 2.78. The molecular formula is C17H17N3O4. The summed E-state index contributed by atoms with van der Waals surface area (Å²) in [4.78, 5) is 23.1. The third-order valence-electron chi connectivity index (χ3n) is 4.10. The highest BCUT2D eigenvalue weighted by Crippen LogP contribution is 2.33. The zero-order chi connectivity index (χ0) is 16.5. The fourth-order valence-electron chi connectivity index (χ4n) is 2.79. The van der Waals surface area contributed by atoms with Crippen molar-refractivity contribution in [3.63, 3.8) is 0 Å². The van der Waals surface area contributed by atoms with Crippen LogP contribution in [0.25, 0.3) is 0 Å². The standard InChI is InChI=1S/C17H17N3O4/c1-11-7-19-13(8-18-11)16-9-20(4-5-22-16)17(21)12-2-3-14-15(6-12)24-10-23-14/h2-3,6-8,16H,4-5,9-10H2,1H3/t16-/m0/s1. The third-order valence-corrected chi connectivity index (χ3v) is 4.10. The van der Waals surface area contributed by atoms with Crippen molar-refractivity contribution in [1.82, 2.24) is 14.9 Å². The molecule has 1 aromatic heterocycles. The Balaban J connectivity index is 1.51. The molecule has 2 aromatic rings. The summed E-state index contributed by atoms with van der Waals surface area (Å²) in [7, 11) is 0. The Morgan fingerprint density at radius 1 is 1.21 bits per heavy atom. The average Bonchev–Trinajstić information content (AvgIpc) is 3.09. The minimum absolute atomic E-state index is 0.0540. The van der Waals surface area contributed by atoms with Crippen LogP contribution in [-0.4, -0.2) is 47.3 Å². The number of amides is 1. The number of ether oxygens (including phenoxy) is 3. The van der Waals surface area contributed by atoms with E-state index in [2.05, 4.69) is 9.97 Å². The molecule has 0 spiro atoms. The van der Waals surface area contributed by atoms with Gasteiger partial charge in [0.15, 0.2) is 11.5 Å². The summed E-state index contributed by atoms with van der Waals surface area (Å²) in [6, 6.07) is 5.24. The van der Waals surface area contributed by atoms with Gasteiger partial charge in [0, 0.05) is 18.3 Å². The number of aryl methyl sites for hydroxylation is 1. The van der Waals surface area contributed by atoms with E-state index in [0.29, 0.717) is 36.8 Å². The average molecular weight is 327 g/mol. The zero-order valence-corrected chi connectivity index (χ0v) is 13.3. The van der Waals surface area contributed by atoms with Crippen LogP contribution in [0.2, 0.25) is 0 Å². The molecular weight excluding hydrogens is 310 g/mol. The second-order valence-corrected chi connectivity index (χ2v) is 5.76. The van der Waals surface area contributed by atoms with E-state index in [4.69, 9.17) is 14.2 Å². The summed E-state index contributed by atoms with van der Waals surface area (Å²) < 4.78 is 16.4. The van der Waals surface area contributed by atoms with Gasteiger partial charge in [-0.1, -0.05) is 0 Å². The highest BCUT2D eigenvalue weighted by atomic mass is 16.7. The highest BCUT2D eigenvalue weighted by molar-refractivity contribution is 5.95. The first-order valence-corrected chi connectivity index (χ1v) is 7.80. The number of benzene rings is 1. The Kier molecular flexibility index (Phi) is 3.78. The van der Waals surface area contributed by atoms with Crippen LogP contribution in [0.15, 0.2) is 30.6 Å². The predicted molar refractivity (Wildman–Crippen MR) is 83.9 cm³/mol. The molecule has 3 heterocycles.